The minimum absolute atomic E-state index is 0.308. The van der Waals surface area contributed by atoms with Crippen molar-refractivity contribution >= 4 is 11.9 Å². The van der Waals surface area contributed by atoms with Crippen LogP contribution in [0.2, 0.25) is 0 Å². The Morgan fingerprint density at radius 1 is 1.31 bits per heavy atom. The number of amides is 1. The highest BCUT2D eigenvalue weighted by Crippen LogP contribution is 2.29. The van der Waals surface area contributed by atoms with Crippen molar-refractivity contribution in [2.75, 3.05) is 6.61 Å². The second-order valence-corrected chi connectivity index (χ2v) is 2.83. The van der Waals surface area contributed by atoms with Gasteiger partial charge in [-0.15, -0.1) is 0 Å². The minimum atomic E-state index is -5.34. The summed E-state index contributed by atoms with van der Waals surface area (Å²) in [6.45, 7) is 2.20. The zero-order chi connectivity index (χ0) is 13.0. The van der Waals surface area contributed by atoms with Crippen LogP contribution in [-0.2, 0) is 14.3 Å². The number of nitrogens with one attached hydrogen (secondary N) is 1. The zero-order valence-electron chi connectivity index (χ0n) is 8.72. The van der Waals surface area contributed by atoms with Crippen molar-refractivity contribution in [3.05, 3.63) is 0 Å². The van der Waals surface area contributed by atoms with Crippen LogP contribution >= 0.6 is 0 Å². The summed E-state index contributed by atoms with van der Waals surface area (Å²) < 4.78 is 41.3. The molecule has 8 heteroatoms. The Morgan fingerprint density at radius 2 is 1.81 bits per heavy atom. The van der Waals surface area contributed by atoms with Crippen molar-refractivity contribution in [1.82, 2.24) is 5.32 Å². The average Bonchev–Trinajstić information content (AvgIpc) is 2.16. The van der Waals surface area contributed by atoms with E-state index in [1.807, 2.05) is 0 Å². The Labute approximate surface area is 89.6 Å². The van der Waals surface area contributed by atoms with Gasteiger partial charge in [0.25, 0.3) is 0 Å². The molecular weight excluding hydrogens is 231 g/mol. The van der Waals surface area contributed by atoms with Crippen LogP contribution in [0.15, 0.2) is 0 Å². The predicted octanol–water partition coefficient (Wildman–Crippen LogP) is 0.327. The summed E-state index contributed by atoms with van der Waals surface area (Å²) in [4.78, 5) is 21.8. The third-order valence-corrected chi connectivity index (χ3v) is 1.62. The molecule has 0 heterocycles. The second-order valence-electron chi connectivity index (χ2n) is 2.83. The molecular formula is C8H12F3NO4. The minimum Gasteiger partial charge on any atom is -0.462 e. The fourth-order valence-corrected chi connectivity index (χ4v) is 0.763. The van der Waals surface area contributed by atoms with Crippen LogP contribution in [0.4, 0.5) is 13.2 Å². The maximum absolute atomic E-state index is 12.4. The van der Waals surface area contributed by atoms with Crippen LogP contribution in [-0.4, -0.2) is 35.5 Å². The predicted molar refractivity (Wildman–Crippen MR) is 46.1 cm³/mol. The average molecular weight is 243 g/mol. The molecule has 2 N–H and O–H groups in total. The SMILES string of the molecule is CCOC(=O)[C@@](O)(NC(=O)CC)C(F)(F)F. The molecule has 1 amide bonds. The lowest BCUT2D eigenvalue weighted by molar-refractivity contribution is -0.271. The number of alkyl halides is 3. The van der Waals surface area contributed by atoms with Crippen molar-refractivity contribution in [2.45, 2.75) is 32.2 Å². The Bertz CT molecular complexity index is 279. The van der Waals surface area contributed by atoms with E-state index in [2.05, 4.69) is 4.74 Å². The number of hydrogen-bond donors (Lipinski definition) is 2. The highest BCUT2D eigenvalue weighted by atomic mass is 19.4. The molecule has 0 aromatic rings. The number of carbonyl (C=O) groups is 2. The molecule has 0 aliphatic carbocycles. The smallest absolute Gasteiger partial charge is 0.448 e. The van der Waals surface area contributed by atoms with E-state index in [0.29, 0.717) is 0 Å². The molecule has 0 aromatic carbocycles. The number of esters is 1. The Kier molecular flexibility index (Phi) is 4.73. The van der Waals surface area contributed by atoms with Crippen molar-refractivity contribution in [2.24, 2.45) is 0 Å². The third kappa shape index (κ3) is 3.09. The summed E-state index contributed by atoms with van der Waals surface area (Å²) in [5.41, 5.74) is -3.99. The van der Waals surface area contributed by atoms with Crippen LogP contribution in [0.1, 0.15) is 20.3 Å². The van der Waals surface area contributed by atoms with Crippen molar-refractivity contribution in [1.29, 1.82) is 0 Å². The van der Waals surface area contributed by atoms with Gasteiger partial charge in [0.05, 0.1) is 6.61 Å². The summed E-state index contributed by atoms with van der Waals surface area (Å²) in [7, 11) is 0. The van der Waals surface area contributed by atoms with Gasteiger partial charge in [0.2, 0.25) is 5.91 Å². The molecule has 16 heavy (non-hydrogen) atoms. The van der Waals surface area contributed by atoms with E-state index in [1.165, 1.54) is 19.2 Å². The van der Waals surface area contributed by atoms with Crippen LogP contribution in [0.3, 0.4) is 0 Å². The van der Waals surface area contributed by atoms with Gasteiger partial charge in [0.15, 0.2) is 0 Å². The Morgan fingerprint density at radius 3 is 2.12 bits per heavy atom. The lowest BCUT2D eigenvalue weighted by Gasteiger charge is -2.28. The maximum atomic E-state index is 12.4. The van der Waals surface area contributed by atoms with Crippen LogP contribution in [0.5, 0.6) is 0 Å². The second kappa shape index (κ2) is 5.15. The van der Waals surface area contributed by atoms with Crippen LogP contribution in [0, 0.1) is 0 Å². The van der Waals surface area contributed by atoms with E-state index in [9.17, 15) is 22.8 Å². The zero-order valence-corrected chi connectivity index (χ0v) is 8.72. The Balaban J connectivity index is 5.04. The summed E-state index contributed by atoms with van der Waals surface area (Å²) in [6.07, 6.45) is -5.65. The van der Waals surface area contributed by atoms with Gasteiger partial charge in [0.1, 0.15) is 0 Å². The van der Waals surface area contributed by atoms with Gasteiger partial charge in [-0.1, -0.05) is 6.92 Å². The van der Waals surface area contributed by atoms with Gasteiger partial charge < -0.3 is 15.2 Å². The van der Waals surface area contributed by atoms with E-state index in [4.69, 9.17) is 5.11 Å². The fraction of sp³-hybridized carbons (Fsp3) is 0.750. The molecule has 0 aliphatic rings. The quantitative estimate of drug-likeness (QED) is 0.551. The molecule has 0 saturated carbocycles. The van der Waals surface area contributed by atoms with Gasteiger partial charge in [-0.05, 0) is 6.92 Å². The number of ether oxygens (including phenoxy) is 1. The third-order valence-electron chi connectivity index (χ3n) is 1.62. The molecule has 0 spiro atoms. The molecule has 0 rings (SSSR count). The van der Waals surface area contributed by atoms with E-state index in [-0.39, 0.29) is 13.0 Å². The fourth-order valence-electron chi connectivity index (χ4n) is 0.763. The molecule has 0 unspecified atom stereocenters. The van der Waals surface area contributed by atoms with Gasteiger partial charge in [-0.2, -0.15) is 13.2 Å². The molecule has 94 valence electrons. The lowest BCUT2D eigenvalue weighted by atomic mass is 10.2. The molecule has 0 bridgehead atoms. The van der Waals surface area contributed by atoms with E-state index < -0.39 is 23.8 Å². The number of hydrogen-bond acceptors (Lipinski definition) is 4. The highest BCUT2D eigenvalue weighted by Gasteiger charge is 2.62. The monoisotopic (exact) mass is 243 g/mol. The maximum Gasteiger partial charge on any atom is 0.448 e. The topological polar surface area (TPSA) is 75.6 Å². The van der Waals surface area contributed by atoms with Gasteiger partial charge in [-0.3, -0.25) is 4.79 Å². The van der Waals surface area contributed by atoms with E-state index in [0.717, 1.165) is 0 Å². The first-order valence-electron chi connectivity index (χ1n) is 4.46. The van der Waals surface area contributed by atoms with Crippen LogP contribution < -0.4 is 5.32 Å². The van der Waals surface area contributed by atoms with Gasteiger partial charge in [0, 0.05) is 6.42 Å². The van der Waals surface area contributed by atoms with Crippen molar-refractivity contribution in [3.8, 4) is 0 Å². The molecule has 0 saturated heterocycles. The standard InChI is InChI=1S/C8H12F3NO4/c1-3-5(13)12-7(15,8(9,10)11)6(14)16-4-2/h15H,3-4H2,1-2H3,(H,12,13)/t7-/m0/s1. The number of carbonyl (C=O) groups excluding carboxylic acids is 2. The molecule has 0 aromatic heterocycles. The first-order chi connectivity index (χ1) is 7.19. The first kappa shape index (κ1) is 14.7. The first-order valence-corrected chi connectivity index (χ1v) is 4.46. The summed E-state index contributed by atoms with van der Waals surface area (Å²) in [5.74, 6) is -3.07. The summed E-state index contributed by atoms with van der Waals surface area (Å²) in [5, 5.41) is 10.3. The lowest BCUT2D eigenvalue weighted by Crippen LogP contribution is -2.64. The van der Waals surface area contributed by atoms with Crippen molar-refractivity contribution in [3.63, 3.8) is 0 Å². The molecule has 5 nitrogen and oxygen atoms in total. The van der Waals surface area contributed by atoms with Crippen LogP contribution in [0.25, 0.3) is 0 Å². The van der Waals surface area contributed by atoms with Gasteiger partial charge >= 0.3 is 17.9 Å². The van der Waals surface area contributed by atoms with E-state index in [1.54, 1.807) is 0 Å². The molecule has 1 atom stereocenters. The normalized spacial score (nSPS) is 15.1. The largest absolute Gasteiger partial charge is 0.462 e. The van der Waals surface area contributed by atoms with E-state index >= 15 is 0 Å². The van der Waals surface area contributed by atoms with Crippen molar-refractivity contribution < 1.29 is 32.6 Å². The number of halogens is 3. The van der Waals surface area contributed by atoms with Gasteiger partial charge in [-0.25, -0.2) is 4.79 Å². The molecule has 0 fully saturated rings. The highest BCUT2D eigenvalue weighted by molar-refractivity contribution is 5.87. The number of aliphatic hydroxyl groups is 1. The Hall–Kier alpha value is -1.31. The number of rotatable bonds is 4. The molecule has 0 aliphatic heterocycles. The molecule has 0 radical (unpaired) electrons. The summed E-state index contributed by atoms with van der Waals surface area (Å²) >= 11 is 0. The summed E-state index contributed by atoms with van der Waals surface area (Å²) in [6, 6.07) is 0.